The first-order valence-corrected chi connectivity index (χ1v) is 9.61. The summed E-state index contributed by atoms with van der Waals surface area (Å²) in [6.45, 7) is -0.235. The van der Waals surface area contributed by atoms with Crippen LogP contribution >= 0.6 is 0 Å². The first-order chi connectivity index (χ1) is 15.4. The molecule has 0 bridgehead atoms. The predicted octanol–water partition coefficient (Wildman–Crippen LogP) is 1.89. The summed E-state index contributed by atoms with van der Waals surface area (Å²) in [4.78, 5) is 23.4. The number of rotatable bonds is 10. The first-order valence-electron chi connectivity index (χ1n) is 9.61. The number of nitrogens with one attached hydrogen (secondary N) is 1. The lowest BCUT2D eigenvalue weighted by atomic mass is 9.99. The van der Waals surface area contributed by atoms with Gasteiger partial charge in [0.2, 0.25) is 0 Å². The number of methoxy groups -OCH3 is 2. The van der Waals surface area contributed by atoms with Crippen LogP contribution in [0.5, 0.6) is 5.75 Å². The van der Waals surface area contributed by atoms with Gasteiger partial charge in [-0.1, -0.05) is 24.3 Å². The van der Waals surface area contributed by atoms with Gasteiger partial charge in [0, 0.05) is 6.04 Å². The molecule has 0 fully saturated rings. The first kappa shape index (κ1) is 22.8. The van der Waals surface area contributed by atoms with E-state index in [0.717, 1.165) is 0 Å². The second kappa shape index (κ2) is 10.4. The zero-order valence-corrected chi connectivity index (χ0v) is 17.4. The zero-order valence-electron chi connectivity index (χ0n) is 17.4. The monoisotopic (exact) mass is 443 g/mol. The van der Waals surface area contributed by atoms with Crippen LogP contribution < -0.4 is 10.1 Å². The van der Waals surface area contributed by atoms with E-state index in [9.17, 15) is 19.1 Å². The number of carboxylic acid groups (broad SMARTS) is 1. The number of tetrazole rings is 1. The van der Waals surface area contributed by atoms with E-state index in [1.54, 1.807) is 24.3 Å². The van der Waals surface area contributed by atoms with E-state index in [1.807, 2.05) is 0 Å². The third-order valence-corrected chi connectivity index (χ3v) is 4.77. The Hall–Kier alpha value is -3.86. The second-order valence-electron chi connectivity index (χ2n) is 6.85. The topological polar surface area (TPSA) is 128 Å². The number of carboxylic acids is 1. The Bertz CT molecular complexity index is 1070. The van der Waals surface area contributed by atoms with Gasteiger partial charge < -0.3 is 14.6 Å². The van der Waals surface area contributed by atoms with Crippen LogP contribution in [-0.4, -0.2) is 51.5 Å². The van der Waals surface area contributed by atoms with E-state index in [4.69, 9.17) is 9.47 Å². The lowest BCUT2D eigenvalue weighted by molar-refractivity contribution is -0.141. The van der Waals surface area contributed by atoms with Crippen LogP contribution in [0.25, 0.3) is 0 Å². The highest BCUT2D eigenvalue weighted by Crippen LogP contribution is 2.28. The molecule has 0 aliphatic carbocycles. The Labute approximate surface area is 183 Å². The smallest absolute Gasteiger partial charge is 0.327 e. The highest BCUT2D eigenvalue weighted by molar-refractivity contribution is 5.69. The molecule has 168 valence electrons. The van der Waals surface area contributed by atoms with Crippen molar-refractivity contribution in [2.75, 3.05) is 14.2 Å². The fourth-order valence-electron chi connectivity index (χ4n) is 3.20. The van der Waals surface area contributed by atoms with E-state index in [-0.39, 0.29) is 18.8 Å². The number of benzene rings is 2. The lowest BCUT2D eigenvalue weighted by Gasteiger charge is -2.25. The molecule has 0 radical (unpaired) electrons. The van der Waals surface area contributed by atoms with Gasteiger partial charge in [-0.05, 0) is 45.8 Å². The molecule has 10 nitrogen and oxygen atoms in total. The van der Waals surface area contributed by atoms with Crippen LogP contribution in [-0.2, 0) is 20.9 Å². The number of carbonyl (C=O) groups is 2. The van der Waals surface area contributed by atoms with Crippen LogP contribution in [0.1, 0.15) is 35.5 Å². The molecule has 3 rings (SSSR count). The van der Waals surface area contributed by atoms with Crippen LogP contribution in [0.2, 0.25) is 0 Å². The predicted molar refractivity (Wildman–Crippen MR) is 109 cm³/mol. The van der Waals surface area contributed by atoms with Crippen molar-refractivity contribution in [3.8, 4) is 5.75 Å². The third kappa shape index (κ3) is 5.64. The molecule has 0 saturated carbocycles. The Morgan fingerprint density at radius 2 is 1.91 bits per heavy atom. The van der Waals surface area contributed by atoms with E-state index >= 15 is 0 Å². The van der Waals surface area contributed by atoms with Gasteiger partial charge in [0.05, 0.1) is 26.7 Å². The Morgan fingerprint density at radius 1 is 1.16 bits per heavy atom. The fourth-order valence-corrected chi connectivity index (χ4v) is 3.20. The molecule has 0 saturated heterocycles. The number of hydrogen-bond donors (Lipinski definition) is 2. The highest BCUT2D eigenvalue weighted by atomic mass is 19.1. The number of aliphatic carboxylic acids is 1. The van der Waals surface area contributed by atoms with Gasteiger partial charge in [0.25, 0.3) is 0 Å². The van der Waals surface area contributed by atoms with Crippen molar-refractivity contribution in [1.82, 2.24) is 25.5 Å². The minimum atomic E-state index is -1.05. The Morgan fingerprint density at radius 3 is 2.56 bits per heavy atom. The summed E-state index contributed by atoms with van der Waals surface area (Å²) in [7, 11) is 2.77. The number of halogens is 1. The molecular weight excluding hydrogens is 421 g/mol. The van der Waals surface area contributed by atoms with Crippen molar-refractivity contribution < 1.29 is 28.6 Å². The molecule has 2 unspecified atom stereocenters. The fraction of sp³-hybridized carbons (Fsp3) is 0.286. The van der Waals surface area contributed by atoms with Crippen LogP contribution in [0.3, 0.4) is 0 Å². The second-order valence-corrected chi connectivity index (χ2v) is 6.85. The molecule has 0 amide bonds. The van der Waals surface area contributed by atoms with Crippen molar-refractivity contribution >= 4 is 11.9 Å². The van der Waals surface area contributed by atoms with Gasteiger partial charge in [0.1, 0.15) is 18.1 Å². The number of aromatic nitrogens is 4. The number of ether oxygens (including phenoxy) is 2. The van der Waals surface area contributed by atoms with Gasteiger partial charge in [-0.15, -0.1) is 5.10 Å². The molecule has 1 heterocycles. The molecule has 11 heteroatoms. The molecular formula is C21H22FN5O5. The third-order valence-electron chi connectivity index (χ3n) is 4.77. The quantitative estimate of drug-likeness (QED) is 0.451. The normalized spacial score (nSPS) is 12.7. The maximum absolute atomic E-state index is 13.4. The zero-order chi connectivity index (χ0) is 23.1. The van der Waals surface area contributed by atoms with E-state index < -0.39 is 29.8 Å². The van der Waals surface area contributed by atoms with E-state index in [0.29, 0.717) is 16.9 Å². The molecule has 2 N–H and O–H groups in total. The number of hydrogen-bond acceptors (Lipinski definition) is 8. The molecule has 0 spiro atoms. The highest BCUT2D eigenvalue weighted by Gasteiger charge is 2.27. The molecule has 0 aliphatic rings. The minimum Gasteiger partial charge on any atom is -0.497 e. The van der Waals surface area contributed by atoms with Crippen molar-refractivity contribution in [2.45, 2.75) is 25.0 Å². The van der Waals surface area contributed by atoms with E-state index in [2.05, 4.69) is 20.8 Å². The molecule has 2 atom stereocenters. The Kier molecular flexibility index (Phi) is 7.45. The van der Waals surface area contributed by atoms with Gasteiger partial charge in [-0.2, -0.15) is 0 Å². The standard InChI is InChI=1S/C21H22FN5O5/c1-31-16-5-3-4-14(10-16)20(21-24-25-26-27(21)12-19(30)32-2)23-17(11-18(28)29)13-6-8-15(22)9-7-13/h3-10,17,20,23H,11-12H2,1-2H3,(H,28,29). The summed E-state index contributed by atoms with van der Waals surface area (Å²) in [6.07, 6.45) is -0.287. The molecule has 0 aliphatic heterocycles. The van der Waals surface area contributed by atoms with Crippen molar-refractivity contribution in [3.63, 3.8) is 0 Å². The summed E-state index contributed by atoms with van der Waals surface area (Å²) in [6, 6.07) is 11.2. The molecule has 2 aromatic carbocycles. The summed E-state index contributed by atoms with van der Waals surface area (Å²) in [5, 5.41) is 24.3. The van der Waals surface area contributed by atoms with Crippen molar-refractivity contribution in [1.29, 1.82) is 0 Å². The average molecular weight is 443 g/mol. The van der Waals surface area contributed by atoms with Crippen LogP contribution in [0.4, 0.5) is 4.39 Å². The lowest BCUT2D eigenvalue weighted by Crippen LogP contribution is -2.32. The molecule has 3 aromatic rings. The van der Waals surface area contributed by atoms with E-state index in [1.165, 1.54) is 43.2 Å². The number of carbonyl (C=O) groups excluding carboxylic acids is 1. The summed E-state index contributed by atoms with van der Waals surface area (Å²) in [5.41, 5.74) is 1.23. The SMILES string of the molecule is COC(=O)Cn1nnnc1C(NC(CC(=O)O)c1ccc(F)cc1)c1cccc(OC)c1. The number of nitrogens with zero attached hydrogens (tertiary/aromatic N) is 4. The number of esters is 1. The summed E-state index contributed by atoms with van der Waals surface area (Å²) in [5.74, 6) is -1.21. The largest absolute Gasteiger partial charge is 0.497 e. The van der Waals surface area contributed by atoms with Crippen LogP contribution in [0.15, 0.2) is 48.5 Å². The van der Waals surface area contributed by atoms with Crippen molar-refractivity contribution in [2.24, 2.45) is 0 Å². The summed E-state index contributed by atoms with van der Waals surface area (Å²) < 4.78 is 24.7. The van der Waals surface area contributed by atoms with Gasteiger partial charge in [0.15, 0.2) is 5.82 Å². The maximum atomic E-state index is 13.4. The van der Waals surface area contributed by atoms with Gasteiger partial charge in [-0.3, -0.25) is 14.9 Å². The van der Waals surface area contributed by atoms with Crippen molar-refractivity contribution in [3.05, 3.63) is 71.3 Å². The average Bonchev–Trinajstić information content (AvgIpc) is 3.24. The maximum Gasteiger partial charge on any atom is 0.327 e. The van der Waals surface area contributed by atoms with Gasteiger partial charge in [-0.25, -0.2) is 9.07 Å². The van der Waals surface area contributed by atoms with Crippen LogP contribution in [0, 0.1) is 5.82 Å². The van der Waals surface area contributed by atoms with Gasteiger partial charge >= 0.3 is 11.9 Å². The Balaban J connectivity index is 2.05. The molecule has 1 aromatic heterocycles. The molecule has 32 heavy (non-hydrogen) atoms. The minimum absolute atomic E-state index is 0.235. The summed E-state index contributed by atoms with van der Waals surface area (Å²) >= 11 is 0.